The highest BCUT2D eigenvalue weighted by molar-refractivity contribution is 7.91. The lowest BCUT2D eigenvalue weighted by Crippen LogP contribution is -2.41. The van der Waals surface area contributed by atoms with Gasteiger partial charge in [-0.2, -0.15) is 0 Å². The minimum Gasteiger partial charge on any atom is -0.481 e. The molecule has 0 aromatic rings. The highest BCUT2D eigenvalue weighted by Gasteiger charge is 2.38. The van der Waals surface area contributed by atoms with Gasteiger partial charge in [-0.05, 0) is 25.2 Å². The lowest BCUT2D eigenvalue weighted by atomic mass is 10.1. The van der Waals surface area contributed by atoms with E-state index in [9.17, 15) is 18.0 Å². The van der Waals surface area contributed by atoms with Gasteiger partial charge in [-0.15, -0.1) is 0 Å². The Hall–Kier alpha value is -1.11. The van der Waals surface area contributed by atoms with Crippen LogP contribution in [0, 0.1) is 11.8 Å². The van der Waals surface area contributed by atoms with Crippen LogP contribution in [0.15, 0.2) is 0 Å². The van der Waals surface area contributed by atoms with Crippen LogP contribution < -0.4 is 5.32 Å². The smallest absolute Gasteiger partial charge is 0.305 e. The molecule has 2 fully saturated rings. The van der Waals surface area contributed by atoms with E-state index in [2.05, 4.69) is 5.32 Å². The molecule has 2 atom stereocenters. The van der Waals surface area contributed by atoms with Crippen molar-refractivity contribution in [1.82, 2.24) is 5.32 Å². The zero-order valence-electron chi connectivity index (χ0n) is 9.96. The Bertz CT molecular complexity index is 454. The second-order valence-electron chi connectivity index (χ2n) is 5.15. The van der Waals surface area contributed by atoms with Gasteiger partial charge in [0, 0.05) is 6.04 Å². The van der Waals surface area contributed by atoms with E-state index in [1.165, 1.54) is 0 Å². The molecule has 18 heavy (non-hydrogen) atoms. The molecule has 0 aromatic heterocycles. The monoisotopic (exact) mass is 275 g/mol. The molecule has 2 rings (SSSR count). The van der Waals surface area contributed by atoms with Crippen molar-refractivity contribution in [2.45, 2.75) is 31.7 Å². The summed E-state index contributed by atoms with van der Waals surface area (Å²) in [6.07, 6.45) is 2.12. The van der Waals surface area contributed by atoms with Crippen LogP contribution in [0.4, 0.5) is 0 Å². The molecule has 0 bridgehead atoms. The van der Waals surface area contributed by atoms with Gasteiger partial charge in [0.1, 0.15) is 0 Å². The number of nitrogens with one attached hydrogen (secondary N) is 1. The fraction of sp³-hybridized carbons (Fsp3) is 0.818. The highest BCUT2D eigenvalue weighted by atomic mass is 32.2. The number of carboxylic acids is 1. The quantitative estimate of drug-likeness (QED) is 0.723. The first kappa shape index (κ1) is 13.3. The minimum atomic E-state index is -3.08. The van der Waals surface area contributed by atoms with E-state index < -0.39 is 21.7 Å². The van der Waals surface area contributed by atoms with E-state index in [-0.39, 0.29) is 35.8 Å². The molecule has 1 amide bonds. The maximum Gasteiger partial charge on any atom is 0.305 e. The van der Waals surface area contributed by atoms with E-state index >= 15 is 0 Å². The summed E-state index contributed by atoms with van der Waals surface area (Å²) in [5.74, 6) is -1.57. The van der Waals surface area contributed by atoms with Gasteiger partial charge in [0.05, 0.1) is 23.8 Å². The van der Waals surface area contributed by atoms with Crippen molar-refractivity contribution in [3.63, 3.8) is 0 Å². The van der Waals surface area contributed by atoms with E-state index in [4.69, 9.17) is 5.11 Å². The number of aliphatic carboxylic acids is 1. The Morgan fingerprint density at radius 2 is 1.94 bits per heavy atom. The summed E-state index contributed by atoms with van der Waals surface area (Å²) >= 11 is 0. The molecule has 1 saturated carbocycles. The number of amides is 1. The van der Waals surface area contributed by atoms with Crippen molar-refractivity contribution in [3.05, 3.63) is 0 Å². The van der Waals surface area contributed by atoms with Crippen LogP contribution in [-0.4, -0.2) is 42.9 Å². The van der Waals surface area contributed by atoms with Crippen LogP contribution in [0.5, 0.6) is 0 Å². The van der Waals surface area contributed by atoms with Crippen molar-refractivity contribution in [2.75, 3.05) is 11.5 Å². The molecule has 7 heteroatoms. The lowest BCUT2D eigenvalue weighted by Gasteiger charge is -2.18. The first-order chi connectivity index (χ1) is 8.37. The third-order valence-corrected chi connectivity index (χ3v) is 5.28. The van der Waals surface area contributed by atoms with E-state index in [0.717, 1.165) is 12.8 Å². The SMILES string of the molecule is O=C(O)CC(NC(=O)C1CCS(=O)(=O)C1)C1CC1. The molecule has 0 aromatic carbocycles. The number of carbonyl (C=O) groups excluding carboxylic acids is 1. The number of sulfone groups is 1. The average molecular weight is 275 g/mol. The molecule has 102 valence electrons. The van der Waals surface area contributed by atoms with Crippen LogP contribution in [-0.2, 0) is 19.4 Å². The van der Waals surface area contributed by atoms with Gasteiger partial charge in [0.25, 0.3) is 0 Å². The molecule has 0 radical (unpaired) electrons. The third kappa shape index (κ3) is 3.44. The number of carbonyl (C=O) groups is 2. The van der Waals surface area contributed by atoms with Gasteiger partial charge in [-0.3, -0.25) is 9.59 Å². The van der Waals surface area contributed by atoms with Crippen LogP contribution in [0.1, 0.15) is 25.7 Å². The Morgan fingerprint density at radius 1 is 1.28 bits per heavy atom. The largest absolute Gasteiger partial charge is 0.481 e. The average Bonchev–Trinajstić information content (AvgIpc) is 3.01. The summed E-state index contributed by atoms with van der Waals surface area (Å²) < 4.78 is 22.6. The molecule has 1 aliphatic heterocycles. The molecular formula is C11H17NO5S. The maximum atomic E-state index is 11.9. The molecule has 0 spiro atoms. The molecule has 1 heterocycles. The maximum absolute atomic E-state index is 11.9. The van der Waals surface area contributed by atoms with Gasteiger partial charge < -0.3 is 10.4 Å². The molecule has 1 saturated heterocycles. The van der Waals surface area contributed by atoms with Gasteiger partial charge in [-0.1, -0.05) is 0 Å². The molecule has 1 aliphatic carbocycles. The topological polar surface area (TPSA) is 101 Å². The number of rotatable bonds is 5. The Kier molecular flexibility index (Phi) is 3.61. The fourth-order valence-electron chi connectivity index (χ4n) is 2.32. The van der Waals surface area contributed by atoms with E-state index in [0.29, 0.717) is 6.42 Å². The van der Waals surface area contributed by atoms with Crippen molar-refractivity contribution in [2.24, 2.45) is 11.8 Å². The zero-order chi connectivity index (χ0) is 13.3. The normalized spacial score (nSPS) is 27.7. The van der Waals surface area contributed by atoms with Crippen LogP contribution in [0.3, 0.4) is 0 Å². The summed E-state index contributed by atoms with van der Waals surface area (Å²) in [6, 6.07) is -0.349. The van der Waals surface area contributed by atoms with Crippen molar-refractivity contribution >= 4 is 21.7 Å². The summed E-state index contributed by atoms with van der Waals surface area (Å²) in [6.45, 7) is 0. The van der Waals surface area contributed by atoms with Gasteiger partial charge in [0.15, 0.2) is 9.84 Å². The molecular weight excluding hydrogens is 258 g/mol. The van der Waals surface area contributed by atoms with Gasteiger partial charge >= 0.3 is 5.97 Å². The zero-order valence-corrected chi connectivity index (χ0v) is 10.8. The van der Waals surface area contributed by atoms with Crippen LogP contribution in [0.2, 0.25) is 0 Å². The summed E-state index contributed by atoms with van der Waals surface area (Å²) in [5.41, 5.74) is 0. The van der Waals surface area contributed by atoms with Crippen molar-refractivity contribution < 1.29 is 23.1 Å². The predicted octanol–water partition coefficient (Wildman–Crippen LogP) is -0.209. The number of hydrogen-bond donors (Lipinski definition) is 2. The molecule has 2 N–H and O–H groups in total. The van der Waals surface area contributed by atoms with E-state index in [1.54, 1.807) is 0 Å². The second-order valence-corrected chi connectivity index (χ2v) is 7.38. The van der Waals surface area contributed by atoms with Gasteiger partial charge in [-0.25, -0.2) is 8.42 Å². The first-order valence-electron chi connectivity index (χ1n) is 6.10. The second kappa shape index (κ2) is 4.87. The third-order valence-electron chi connectivity index (χ3n) is 3.52. The Balaban J connectivity index is 1.91. The van der Waals surface area contributed by atoms with Gasteiger partial charge in [0.2, 0.25) is 5.91 Å². The van der Waals surface area contributed by atoms with Crippen LogP contribution in [0.25, 0.3) is 0 Å². The standard InChI is InChI=1S/C11H17NO5S/c13-10(14)5-9(7-1-2-7)12-11(15)8-3-4-18(16,17)6-8/h7-9H,1-6H2,(H,12,15)(H,13,14). The Morgan fingerprint density at radius 3 is 2.39 bits per heavy atom. The molecule has 2 aliphatic rings. The lowest BCUT2D eigenvalue weighted by molar-refractivity contribution is -0.138. The van der Waals surface area contributed by atoms with E-state index in [1.807, 2.05) is 0 Å². The predicted molar refractivity (Wildman–Crippen MR) is 63.7 cm³/mol. The van der Waals surface area contributed by atoms with Crippen molar-refractivity contribution in [1.29, 1.82) is 0 Å². The van der Waals surface area contributed by atoms with Crippen molar-refractivity contribution in [3.8, 4) is 0 Å². The summed E-state index contributed by atoms with van der Waals surface area (Å²) in [7, 11) is -3.08. The number of carboxylic acid groups (broad SMARTS) is 1. The first-order valence-corrected chi connectivity index (χ1v) is 7.92. The summed E-state index contributed by atoms with van der Waals surface area (Å²) in [5, 5.41) is 11.5. The molecule has 2 unspecified atom stereocenters. The fourth-order valence-corrected chi connectivity index (χ4v) is 4.07. The number of hydrogen-bond acceptors (Lipinski definition) is 4. The molecule has 6 nitrogen and oxygen atoms in total. The van der Waals surface area contributed by atoms with Crippen LogP contribution >= 0.6 is 0 Å². The summed E-state index contributed by atoms with van der Waals surface area (Å²) in [4.78, 5) is 22.6. The Labute approximate surface area is 106 Å². The minimum absolute atomic E-state index is 0.0537. The highest BCUT2D eigenvalue weighted by Crippen LogP contribution is 2.34.